The SMILES string of the molecule is CC(C)(C)OC(=O)/C=C/CCC(C)(C)OC1O[C@H](CO)[C@@H](O)[C@H](O)[C@H]1O. The van der Waals surface area contributed by atoms with E-state index in [2.05, 4.69) is 0 Å². The molecule has 1 aliphatic rings. The van der Waals surface area contributed by atoms with E-state index in [0.717, 1.165) is 0 Å². The highest BCUT2D eigenvalue weighted by atomic mass is 16.7. The Morgan fingerprint density at radius 1 is 1.08 bits per heavy atom. The van der Waals surface area contributed by atoms with E-state index in [-0.39, 0.29) is 0 Å². The van der Waals surface area contributed by atoms with E-state index in [9.17, 15) is 25.2 Å². The molecule has 1 saturated heterocycles. The Morgan fingerprint density at radius 3 is 2.23 bits per heavy atom. The number of aliphatic hydroxyl groups excluding tert-OH is 4. The Bertz CT molecular complexity index is 480. The van der Waals surface area contributed by atoms with Crippen molar-refractivity contribution in [3.8, 4) is 0 Å². The Labute approximate surface area is 154 Å². The van der Waals surface area contributed by atoms with Gasteiger partial charge in [-0.25, -0.2) is 4.79 Å². The van der Waals surface area contributed by atoms with Gasteiger partial charge in [-0.3, -0.25) is 0 Å². The number of hydrogen-bond donors (Lipinski definition) is 4. The highest BCUT2D eigenvalue weighted by molar-refractivity contribution is 5.82. The molecule has 0 amide bonds. The number of carbonyl (C=O) groups excluding carboxylic acids is 1. The van der Waals surface area contributed by atoms with E-state index in [1.54, 1.807) is 40.7 Å². The summed E-state index contributed by atoms with van der Waals surface area (Å²) in [7, 11) is 0. The zero-order valence-electron chi connectivity index (χ0n) is 16.1. The van der Waals surface area contributed by atoms with Crippen molar-refractivity contribution in [1.29, 1.82) is 0 Å². The van der Waals surface area contributed by atoms with E-state index < -0.39 is 54.5 Å². The molecule has 5 atom stereocenters. The lowest BCUT2D eigenvalue weighted by atomic mass is 9.98. The van der Waals surface area contributed by atoms with Crippen molar-refractivity contribution in [2.24, 2.45) is 0 Å². The number of ether oxygens (including phenoxy) is 3. The summed E-state index contributed by atoms with van der Waals surface area (Å²) >= 11 is 0. The van der Waals surface area contributed by atoms with Crippen LogP contribution in [0.3, 0.4) is 0 Å². The molecule has 4 N–H and O–H groups in total. The molecule has 0 aliphatic carbocycles. The maximum atomic E-state index is 11.6. The molecule has 26 heavy (non-hydrogen) atoms. The van der Waals surface area contributed by atoms with Gasteiger partial charge < -0.3 is 34.6 Å². The van der Waals surface area contributed by atoms with Crippen molar-refractivity contribution in [1.82, 2.24) is 0 Å². The van der Waals surface area contributed by atoms with Crippen LogP contribution in [0, 0.1) is 0 Å². The van der Waals surface area contributed by atoms with Crippen LogP contribution >= 0.6 is 0 Å². The fraction of sp³-hybridized carbons (Fsp3) is 0.833. The van der Waals surface area contributed by atoms with Gasteiger partial charge in [0.05, 0.1) is 12.2 Å². The molecular formula is C18H32O8. The maximum absolute atomic E-state index is 11.6. The minimum atomic E-state index is -1.48. The molecule has 0 radical (unpaired) electrons. The van der Waals surface area contributed by atoms with E-state index in [1.807, 2.05) is 0 Å². The minimum absolute atomic E-state index is 0.426. The number of rotatable bonds is 7. The van der Waals surface area contributed by atoms with E-state index in [1.165, 1.54) is 6.08 Å². The third kappa shape index (κ3) is 7.30. The lowest BCUT2D eigenvalue weighted by Gasteiger charge is -2.42. The molecule has 152 valence electrons. The van der Waals surface area contributed by atoms with Gasteiger partial charge in [0.1, 0.15) is 30.0 Å². The van der Waals surface area contributed by atoms with Crippen LogP contribution in [0.1, 0.15) is 47.5 Å². The normalized spacial score (nSPS) is 30.6. The molecule has 0 bridgehead atoms. The summed E-state index contributed by atoms with van der Waals surface area (Å²) in [5, 5.41) is 38.8. The summed E-state index contributed by atoms with van der Waals surface area (Å²) < 4.78 is 16.2. The zero-order valence-corrected chi connectivity index (χ0v) is 16.1. The molecular weight excluding hydrogens is 344 g/mol. The van der Waals surface area contributed by atoms with Crippen molar-refractivity contribution in [2.45, 2.75) is 89.4 Å². The molecule has 0 aromatic heterocycles. The fourth-order valence-corrected chi connectivity index (χ4v) is 2.48. The van der Waals surface area contributed by atoms with Gasteiger partial charge >= 0.3 is 5.97 Å². The quantitative estimate of drug-likeness (QED) is 0.368. The van der Waals surface area contributed by atoms with Gasteiger partial charge in [0.2, 0.25) is 0 Å². The molecule has 8 nitrogen and oxygen atoms in total. The van der Waals surface area contributed by atoms with Crippen molar-refractivity contribution in [3.63, 3.8) is 0 Å². The van der Waals surface area contributed by atoms with Gasteiger partial charge in [-0.15, -0.1) is 0 Å². The Balaban J connectivity index is 2.54. The summed E-state index contributed by atoms with van der Waals surface area (Å²) in [6, 6.07) is 0. The summed E-state index contributed by atoms with van der Waals surface area (Å²) in [6.07, 6.45) is -2.49. The van der Waals surface area contributed by atoms with Crippen molar-refractivity contribution < 1.29 is 39.4 Å². The van der Waals surface area contributed by atoms with Crippen LogP contribution in [0.4, 0.5) is 0 Å². The van der Waals surface area contributed by atoms with Crippen molar-refractivity contribution in [3.05, 3.63) is 12.2 Å². The summed E-state index contributed by atoms with van der Waals surface area (Å²) in [4.78, 5) is 11.6. The van der Waals surface area contributed by atoms with Crippen LogP contribution in [0.15, 0.2) is 12.2 Å². The van der Waals surface area contributed by atoms with Crippen LogP contribution in [-0.2, 0) is 19.0 Å². The Kier molecular flexibility index (Phi) is 8.19. The molecule has 1 unspecified atom stereocenters. The van der Waals surface area contributed by atoms with E-state index in [4.69, 9.17) is 14.2 Å². The summed E-state index contributed by atoms with van der Waals surface area (Å²) in [6.45, 7) is 8.40. The minimum Gasteiger partial charge on any atom is -0.457 e. The smallest absolute Gasteiger partial charge is 0.330 e. The van der Waals surface area contributed by atoms with Crippen LogP contribution < -0.4 is 0 Å². The number of aliphatic hydroxyl groups is 4. The topological polar surface area (TPSA) is 126 Å². The Morgan fingerprint density at radius 2 is 1.69 bits per heavy atom. The monoisotopic (exact) mass is 376 g/mol. The lowest BCUT2D eigenvalue weighted by molar-refractivity contribution is -0.323. The summed E-state index contributed by atoms with van der Waals surface area (Å²) in [5.74, 6) is -0.426. The average Bonchev–Trinajstić information content (AvgIpc) is 2.50. The second kappa shape index (κ2) is 9.25. The Hall–Kier alpha value is -1.03. The van der Waals surface area contributed by atoms with Crippen LogP contribution in [0.25, 0.3) is 0 Å². The van der Waals surface area contributed by atoms with Gasteiger partial charge in [0.25, 0.3) is 0 Å². The molecule has 0 spiro atoms. The zero-order chi connectivity index (χ0) is 20.1. The number of hydrogen-bond acceptors (Lipinski definition) is 8. The third-order valence-corrected chi connectivity index (χ3v) is 3.86. The van der Waals surface area contributed by atoms with E-state index in [0.29, 0.717) is 12.8 Å². The van der Waals surface area contributed by atoms with Crippen LogP contribution in [-0.4, -0.2) is 74.9 Å². The lowest BCUT2D eigenvalue weighted by Crippen LogP contribution is -2.60. The average molecular weight is 376 g/mol. The second-order valence-corrected chi connectivity index (χ2v) is 8.05. The predicted octanol–water partition coefficient (Wildman–Crippen LogP) is 0.260. The molecule has 1 heterocycles. The summed E-state index contributed by atoms with van der Waals surface area (Å²) in [5.41, 5.74) is -1.29. The first-order valence-electron chi connectivity index (χ1n) is 8.74. The highest BCUT2D eigenvalue weighted by Gasteiger charge is 2.45. The first-order valence-corrected chi connectivity index (χ1v) is 8.74. The number of esters is 1. The molecule has 1 aliphatic heterocycles. The molecule has 8 heteroatoms. The predicted molar refractivity (Wildman–Crippen MR) is 93.2 cm³/mol. The van der Waals surface area contributed by atoms with Crippen molar-refractivity contribution in [2.75, 3.05) is 6.61 Å². The second-order valence-electron chi connectivity index (χ2n) is 8.05. The van der Waals surface area contributed by atoms with Crippen LogP contribution in [0.5, 0.6) is 0 Å². The van der Waals surface area contributed by atoms with Gasteiger partial charge in [-0.2, -0.15) is 0 Å². The number of allylic oxidation sites excluding steroid dienone is 1. The largest absolute Gasteiger partial charge is 0.457 e. The first kappa shape index (κ1) is 23.0. The molecule has 1 fully saturated rings. The molecule has 0 aromatic carbocycles. The maximum Gasteiger partial charge on any atom is 0.330 e. The highest BCUT2D eigenvalue weighted by Crippen LogP contribution is 2.27. The fourth-order valence-electron chi connectivity index (χ4n) is 2.48. The molecule has 1 rings (SSSR count). The molecule has 0 aromatic rings. The molecule has 0 saturated carbocycles. The van der Waals surface area contributed by atoms with Crippen LogP contribution in [0.2, 0.25) is 0 Å². The van der Waals surface area contributed by atoms with E-state index >= 15 is 0 Å². The number of carbonyl (C=O) groups is 1. The van der Waals surface area contributed by atoms with Gasteiger partial charge in [-0.1, -0.05) is 6.08 Å². The van der Waals surface area contributed by atoms with Gasteiger partial charge in [0.15, 0.2) is 6.29 Å². The third-order valence-electron chi connectivity index (χ3n) is 3.86. The van der Waals surface area contributed by atoms with Gasteiger partial charge in [0, 0.05) is 6.08 Å². The van der Waals surface area contributed by atoms with Crippen molar-refractivity contribution >= 4 is 5.97 Å². The van der Waals surface area contributed by atoms with Gasteiger partial charge in [-0.05, 0) is 47.5 Å². The standard InChI is InChI=1S/C18H32O8/c1-17(2,3)25-12(20)8-6-7-9-18(4,5)26-16-15(23)14(22)13(21)11(10-19)24-16/h6,8,11,13-16,19,21-23H,7,9-10H2,1-5H3/b8-6+/t11-,13-,14+,15-,16?/m1/s1. The first-order chi connectivity index (χ1) is 11.9.